The van der Waals surface area contributed by atoms with E-state index in [-0.39, 0.29) is 5.41 Å². The van der Waals surface area contributed by atoms with Crippen molar-refractivity contribution in [3.8, 4) is 11.5 Å². The number of benzene rings is 1. The summed E-state index contributed by atoms with van der Waals surface area (Å²) < 4.78 is 10.9. The van der Waals surface area contributed by atoms with Gasteiger partial charge in [-0.2, -0.15) is 0 Å². The minimum Gasteiger partial charge on any atom is -0.493 e. The molecule has 0 bridgehead atoms. The largest absolute Gasteiger partial charge is 0.493 e. The molecule has 1 fully saturated rings. The van der Waals surface area contributed by atoms with Gasteiger partial charge in [-0.3, -0.25) is 0 Å². The molecule has 1 aromatic rings. The van der Waals surface area contributed by atoms with Crippen LogP contribution in [0.15, 0.2) is 6.07 Å². The van der Waals surface area contributed by atoms with E-state index in [4.69, 9.17) is 15.2 Å². The Labute approximate surface area is 109 Å². The van der Waals surface area contributed by atoms with Crippen LogP contribution in [0, 0.1) is 13.8 Å². The van der Waals surface area contributed by atoms with Crippen LogP contribution >= 0.6 is 0 Å². The fourth-order valence-electron chi connectivity index (χ4n) is 3.01. The van der Waals surface area contributed by atoms with Gasteiger partial charge in [0, 0.05) is 12.0 Å². The summed E-state index contributed by atoms with van der Waals surface area (Å²) in [5.74, 6) is 1.65. The van der Waals surface area contributed by atoms with Crippen molar-refractivity contribution in [2.45, 2.75) is 38.5 Å². The van der Waals surface area contributed by atoms with E-state index in [0.29, 0.717) is 6.54 Å². The maximum Gasteiger partial charge on any atom is 0.163 e. The van der Waals surface area contributed by atoms with Gasteiger partial charge in [-0.1, -0.05) is 6.42 Å². The van der Waals surface area contributed by atoms with Crippen LogP contribution in [0.3, 0.4) is 0 Å². The average Bonchev–Trinajstić information content (AvgIpc) is 2.33. The first kappa shape index (κ1) is 13.2. The van der Waals surface area contributed by atoms with Gasteiger partial charge in [-0.25, -0.2) is 0 Å². The number of nitrogens with two attached hydrogens (primary N) is 1. The van der Waals surface area contributed by atoms with E-state index < -0.39 is 0 Å². The van der Waals surface area contributed by atoms with Crippen molar-refractivity contribution in [3.63, 3.8) is 0 Å². The molecule has 2 rings (SSSR count). The Bertz CT molecular complexity index is 445. The quantitative estimate of drug-likeness (QED) is 0.892. The molecule has 1 aliphatic carbocycles. The summed E-state index contributed by atoms with van der Waals surface area (Å²) in [6.45, 7) is 4.95. The number of hydrogen-bond donors (Lipinski definition) is 1. The van der Waals surface area contributed by atoms with Crippen LogP contribution in [-0.2, 0) is 5.41 Å². The van der Waals surface area contributed by atoms with Crippen LogP contribution < -0.4 is 15.2 Å². The predicted octanol–water partition coefficient (Wildman–Crippen LogP) is 2.70. The van der Waals surface area contributed by atoms with Gasteiger partial charge in [-0.05, 0) is 49.4 Å². The van der Waals surface area contributed by atoms with Gasteiger partial charge in [0.1, 0.15) is 0 Å². The molecule has 1 aromatic carbocycles. The van der Waals surface area contributed by atoms with Crippen LogP contribution in [0.4, 0.5) is 0 Å². The lowest BCUT2D eigenvalue weighted by Gasteiger charge is -2.43. The predicted molar refractivity (Wildman–Crippen MR) is 73.6 cm³/mol. The van der Waals surface area contributed by atoms with E-state index in [2.05, 4.69) is 19.9 Å². The van der Waals surface area contributed by atoms with Gasteiger partial charge in [0.2, 0.25) is 0 Å². The molecule has 0 radical (unpaired) electrons. The van der Waals surface area contributed by atoms with Crippen LogP contribution in [0.25, 0.3) is 0 Å². The lowest BCUT2D eigenvalue weighted by atomic mass is 9.63. The summed E-state index contributed by atoms with van der Waals surface area (Å²) in [7, 11) is 3.37. The molecule has 0 aliphatic heterocycles. The molecular formula is C15H23NO2. The molecule has 1 saturated carbocycles. The standard InChI is InChI=1S/C15H23NO2/c1-10-11(2)14(18-4)13(17-3)8-12(10)15(9-16)6-5-7-15/h8H,5-7,9,16H2,1-4H3. The van der Waals surface area contributed by atoms with E-state index in [1.54, 1.807) is 14.2 Å². The smallest absolute Gasteiger partial charge is 0.163 e. The van der Waals surface area contributed by atoms with Gasteiger partial charge in [0.05, 0.1) is 14.2 Å². The topological polar surface area (TPSA) is 44.5 Å². The Hall–Kier alpha value is -1.22. The molecule has 100 valence electrons. The van der Waals surface area contributed by atoms with E-state index in [9.17, 15) is 0 Å². The molecule has 2 N–H and O–H groups in total. The van der Waals surface area contributed by atoms with E-state index >= 15 is 0 Å². The Morgan fingerprint density at radius 3 is 2.22 bits per heavy atom. The minimum atomic E-state index is 0.161. The molecule has 0 amide bonds. The number of methoxy groups -OCH3 is 2. The molecule has 0 heterocycles. The Kier molecular flexibility index (Phi) is 3.53. The number of ether oxygens (including phenoxy) is 2. The van der Waals surface area contributed by atoms with Crippen molar-refractivity contribution in [1.82, 2.24) is 0 Å². The van der Waals surface area contributed by atoms with E-state index in [0.717, 1.165) is 17.1 Å². The summed E-state index contributed by atoms with van der Waals surface area (Å²) in [6, 6.07) is 2.12. The van der Waals surface area contributed by atoms with Crippen molar-refractivity contribution in [2.24, 2.45) is 5.73 Å². The third kappa shape index (κ3) is 1.77. The van der Waals surface area contributed by atoms with Crippen LogP contribution in [0.1, 0.15) is 36.0 Å². The van der Waals surface area contributed by atoms with Gasteiger partial charge in [-0.15, -0.1) is 0 Å². The first-order chi connectivity index (χ1) is 8.59. The van der Waals surface area contributed by atoms with Crippen LogP contribution in [-0.4, -0.2) is 20.8 Å². The van der Waals surface area contributed by atoms with Crippen LogP contribution in [0.2, 0.25) is 0 Å². The molecule has 0 unspecified atom stereocenters. The van der Waals surface area contributed by atoms with Gasteiger partial charge in [0.25, 0.3) is 0 Å². The Morgan fingerprint density at radius 2 is 1.83 bits per heavy atom. The molecule has 0 saturated heterocycles. The minimum absolute atomic E-state index is 0.161. The summed E-state index contributed by atoms with van der Waals surface area (Å²) in [5, 5.41) is 0. The van der Waals surface area contributed by atoms with Gasteiger partial charge >= 0.3 is 0 Å². The maximum absolute atomic E-state index is 6.01. The number of rotatable bonds is 4. The zero-order chi connectivity index (χ0) is 13.3. The molecule has 0 aromatic heterocycles. The molecule has 0 atom stereocenters. The highest BCUT2D eigenvalue weighted by molar-refractivity contribution is 5.56. The first-order valence-electron chi connectivity index (χ1n) is 6.52. The van der Waals surface area contributed by atoms with E-state index in [1.165, 1.54) is 30.4 Å². The zero-order valence-electron chi connectivity index (χ0n) is 11.8. The Balaban J connectivity index is 2.58. The Morgan fingerprint density at radius 1 is 1.17 bits per heavy atom. The van der Waals surface area contributed by atoms with Crippen molar-refractivity contribution in [3.05, 3.63) is 22.8 Å². The first-order valence-corrected chi connectivity index (χ1v) is 6.52. The monoisotopic (exact) mass is 249 g/mol. The van der Waals surface area contributed by atoms with Crippen molar-refractivity contribution in [1.29, 1.82) is 0 Å². The molecule has 18 heavy (non-hydrogen) atoms. The second-order valence-electron chi connectivity index (χ2n) is 5.25. The highest BCUT2D eigenvalue weighted by Crippen LogP contribution is 2.48. The molecule has 3 nitrogen and oxygen atoms in total. The van der Waals surface area contributed by atoms with Crippen molar-refractivity contribution < 1.29 is 9.47 Å². The zero-order valence-corrected chi connectivity index (χ0v) is 11.8. The second kappa shape index (κ2) is 4.81. The van der Waals surface area contributed by atoms with E-state index in [1.807, 2.05) is 0 Å². The van der Waals surface area contributed by atoms with Crippen molar-refractivity contribution in [2.75, 3.05) is 20.8 Å². The second-order valence-corrected chi connectivity index (χ2v) is 5.25. The highest BCUT2D eigenvalue weighted by atomic mass is 16.5. The van der Waals surface area contributed by atoms with Gasteiger partial charge in [0.15, 0.2) is 11.5 Å². The maximum atomic E-state index is 6.01. The fraction of sp³-hybridized carbons (Fsp3) is 0.600. The fourth-order valence-corrected chi connectivity index (χ4v) is 3.01. The third-order valence-electron chi connectivity index (χ3n) is 4.50. The van der Waals surface area contributed by atoms with Gasteiger partial charge < -0.3 is 15.2 Å². The SMILES string of the molecule is COc1cc(C2(CN)CCC2)c(C)c(C)c1OC. The van der Waals surface area contributed by atoms with Crippen molar-refractivity contribution >= 4 is 0 Å². The number of hydrogen-bond acceptors (Lipinski definition) is 3. The summed E-state index contributed by atoms with van der Waals surface area (Å²) in [4.78, 5) is 0. The summed E-state index contributed by atoms with van der Waals surface area (Å²) in [5.41, 5.74) is 9.96. The third-order valence-corrected chi connectivity index (χ3v) is 4.50. The lowest BCUT2D eigenvalue weighted by molar-refractivity contribution is 0.250. The molecule has 1 aliphatic rings. The summed E-state index contributed by atoms with van der Waals surface area (Å²) in [6.07, 6.45) is 3.63. The molecule has 0 spiro atoms. The normalized spacial score (nSPS) is 17.2. The van der Waals surface area contributed by atoms with Crippen LogP contribution in [0.5, 0.6) is 11.5 Å². The highest BCUT2D eigenvalue weighted by Gasteiger charge is 2.39. The average molecular weight is 249 g/mol. The lowest BCUT2D eigenvalue weighted by Crippen LogP contribution is -2.42. The molecule has 3 heteroatoms. The molecular weight excluding hydrogens is 226 g/mol. The summed E-state index contributed by atoms with van der Waals surface area (Å²) >= 11 is 0.